The Labute approximate surface area is 112 Å². The van der Waals surface area contributed by atoms with Crippen molar-refractivity contribution in [3.05, 3.63) is 0 Å². The lowest BCUT2D eigenvalue weighted by atomic mass is 9.79. The van der Waals surface area contributed by atoms with Gasteiger partial charge < -0.3 is 20.1 Å². The van der Waals surface area contributed by atoms with Crippen molar-refractivity contribution < 1.29 is 9.84 Å². The fourth-order valence-electron chi connectivity index (χ4n) is 2.64. The minimum absolute atomic E-state index is 0.239. The summed E-state index contributed by atoms with van der Waals surface area (Å²) in [6, 6.07) is 0. The number of nitrogens with one attached hydrogen (secondary N) is 1. The lowest BCUT2D eigenvalue weighted by molar-refractivity contribution is -0.00244. The van der Waals surface area contributed by atoms with Crippen molar-refractivity contribution in [2.24, 2.45) is 11.3 Å². The van der Waals surface area contributed by atoms with E-state index in [9.17, 15) is 0 Å². The molecule has 0 amide bonds. The summed E-state index contributed by atoms with van der Waals surface area (Å²) < 4.78 is 5.50. The molecule has 0 atom stereocenters. The van der Waals surface area contributed by atoms with Crippen molar-refractivity contribution in [1.29, 1.82) is 0 Å². The molecule has 0 unspecified atom stereocenters. The molecule has 2 N–H and O–H groups in total. The first-order chi connectivity index (χ1) is 8.58. The smallest absolute Gasteiger partial charge is 0.0558 e. The fraction of sp³-hybridized carbons (Fsp3) is 1.00. The molecule has 0 aromatic carbocycles. The Bertz CT molecular complexity index is 216. The summed E-state index contributed by atoms with van der Waals surface area (Å²) in [5, 5.41) is 12.6. The highest BCUT2D eigenvalue weighted by Gasteiger charge is 2.33. The van der Waals surface area contributed by atoms with Gasteiger partial charge in [0.1, 0.15) is 0 Å². The maximum atomic E-state index is 9.02. The van der Waals surface area contributed by atoms with Gasteiger partial charge >= 0.3 is 0 Å². The molecule has 0 aliphatic carbocycles. The largest absolute Gasteiger partial charge is 0.395 e. The molecule has 4 heteroatoms. The Morgan fingerprint density at radius 2 is 2.00 bits per heavy atom. The van der Waals surface area contributed by atoms with Gasteiger partial charge in [0.25, 0.3) is 0 Å². The van der Waals surface area contributed by atoms with Crippen LogP contribution in [-0.2, 0) is 4.74 Å². The van der Waals surface area contributed by atoms with Crippen molar-refractivity contribution in [2.75, 3.05) is 53.0 Å². The van der Waals surface area contributed by atoms with Crippen LogP contribution in [0.5, 0.6) is 0 Å². The van der Waals surface area contributed by atoms with Crippen LogP contribution in [0.25, 0.3) is 0 Å². The van der Waals surface area contributed by atoms with E-state index >= 15 is 0 Å². The van der Waals surface area contributed by atoms with Crippen molar-refractivity contribution in [2.45, 2.75) is 26.7 Å². The SMILES string of the molecule is CC(C)CNCC1(CN(C)CCO)CCOCC1. The van der Waals surface area contributed by atoms with Crippen molar-refractivity contribution in [3.63, 3.8) is 0 Å². The average molecular weight is 258 g/mol. The van der Waals surface area contributed by atoms with E-state index in [-0.39, 0.29) is 6.61 Å². The molecule has 1 fully saturated rings. The number of aliphatic hydroxyl groups is 1. The Kier molecular flexibility index (Phi) is 7.15. The highest BCUT2D eigenvalue weighted by molar-refractivity contribution is 4.86. The van der Waals surface area contributed by atoms with Gasteiger partial charge in [-0.25, -0.2) is 0 Å². The standard InChI is InChI=1S/C14H30N2O2/c1-13(2)10-15-11-14(4-8-18-9-5-14)12-16(3)6-7-17/h13,15,17H,4-12H2,1-3H3. The van der Waals surface area contributed by atoms with Crippen LogP contribution in [0, 0.1) is 11.3 Å². The third-order valence-electron chi connectivity index (χ3n) is 3.69. The van der Waals surface area contributed by atoms with Crippen LogP contribution in [-0.4, -0.2) is 63.1 Å². The van der Waals surface area contributed by atoms with Gasteiger partial charge in [-0.05, 0) is 37.8 Å². The molecule has 0 saturated carbocycles. The number of nitrogens with zero attached hydrogens (tertiary/aromatic N) is 1. The fourth-order valence-corrected chi connectivity index (χ4v) is 2.64. The van der Waals surface area contributed by atoms with Gasteiger partial charge in [0.2, 0.25) is 0 Å². The van der Waals surface area contributed by atoms with Crippen LogP contribution in [0.2, 0.25) is 0 Å². The minimum atomic E-state index is 0.239. The predicted octanol–water partition coefficient (Wildman–Crippen LogP) is 0.953. The molecule has 0 radical (unpaired) electrons. The van der Waals surface area contributed by atoms with Crippen LogP contribution < -0.4 is 5.32 Å². The van der Waals surface area contributed by atoms with Crippen LogP contribution >= 0.6 is 0 Å². The molecule has 1 saturated heterocycles. The van der Waals surface area contributed by atoms with E-state index in [0.29, 0.717) is 11.3 Å². The zero-order valence-electron chi connectivity index (χ0n) is 12.2. The normalized spacial score (nSPS) is 19.7. The summed E-state index contributed by atoms with van der Waals surface area (Å²) in [4.78, 5) is 2.24. The van der Waals surface area contributed by atoms with E-state index in [1.54, 1.807) is 0 Å². The second-order valence-electron chi connectivity index (χ2n) is 6.10. The number of rotatable bonds is 8. The van der Waals surface area contributed by atoms with Gasteiger partial charge in [-0.1, -0.05) is 13.8 Å². The molecular formula is C14H30N2O2. The highest BCUT2D eigenvalue weighted by atomic mass is 16.5. The molecule has 1 aliphatic heterocycles. The summed E-state index contributed by atoms with van der Waals surface area (Å²) in [5.74, 6) is 0.692. The van der Waals surface area contributed by atoms with Crippen LogP contribution in [0.1, 0.15) is 26.7 Å². The van der Waals surface area contributed by atoms with E-state index in [2.05, 4.69) is 31.1 Å². The topological polar surface area (TPSA) is 44.7 Å². The first-order valence-corrected chi connectivity index (χ1v) is 7.16. The zero-order chi connectivity index (χ0) is 13.4. The molecule has 0 spiro atoms. The second-order valence-corrected chi connectivity index (χ2v) is 6.10. The van der Waals surface area contributed by atoms with E-state index < -0.39 is 0 Å². The second kappa shape index (κ2) is 8.10. The number of likely N-dealkylation sites (N-methyl/N-ethyl adjacent to an activating group) is 1. The number of aliphatic hydroxyl groups excluding tert-OH is 1. The molecular weight excluding hydrogens is 228 g/mol. The maximum absolute atomic E-state index is 9.02. The summed E-state index contributed by atoms with van der Waals surface area (Å²) in [6.45, 7) is 10.4. The van der Waals surface area contributed by atoms with Gasteiger partial charge in [-0.15, -0.1) is 0 Å². The summed E-state index contributed by atoms with van der Waals surface area (Å²) in [6.07, 6.45) is 2.24. The third-order valence-corrected chi connectivity index (χ3v) is 3.69. The first kappa shape index (κ1) is 15.9. The van der Waals surface area contributed by atoms with Crippen molar-refractivity contribution in [3.8, 4) is 0 Å². The monoisotopic (exact) mass is 258 g/mol. The first-order valence-electron chi connectivity index (χ1n) is 7.16. The third kappa shape index (κ3) is 5.65. The van der Waals surface area contributed by atoms with Gasteiger partial charge in [0, 0.05) is 32.8 Å². The molecule has 0 aromatic rings. The Morgan fingerprint density at radius 1 is 1.33 bits per heavy atom. The van der Waals surface area contributed by atoms with E-state index in [1.165, 1.54) is 0 Å². The molecule has 0 aromatic heterocycles. The predicted molar refractivity (Wildman–Crippen MR) is 74.8 cm³/mol. The molecule has 1 rings (SSSR count). The molecule has 108 valence electrons. The van der Waals surface area contributed by atoms with E-state index in [4.69, 9.17) is 9.84 Å². The van der Waals surface area contributed by atoms with Crippen LogP contribution in [0.4, 0.5) is 0 Å². The number of hydrogen-bond donors (Lipinski definition) is 2. The Hall–Kier alpha value is -0.160. The summed E-state index contributed by atoms with van der Waals surface area (Å²) in [5.41, 5.74) is 0.317. The molecule has 4 nitrogen and oxygen atoms in total. The number of hydrogen-bond acceptors (Lipinski definition) is 4. The summed E-state index contributed by atoms with van der Waals surface area (Å²) >= 11 is 0. The lowest BCUT2D eigenvalue weighted by Gasteiger charge is -2.40. The van der Waals surface area contributed by atoms with Gasteiger partial charge in [-0.2, -0.15) is 0 Å². The molecule has 18 heavy (non-hydrogen) atoms. The Balaban J connectivity index is 2.46. The van der Waals surface area contributed by atoms with Gasteiger partial charge in [0.05, 0.1) is 6.61 Å². The van der Waals surface area contributed by atoms with Crippen molar-refractivity contribution >= 4 is 0 Å². The molecule has 1 aliphatic rings. The van der Waals surface area contributed by atoms with Crippen LogP contribution in [0.15, 0.2) is 0 Å². The Morgan fingerprint density at radius 3 is 2.56 bits per heavy atom. The molecule has 0 bridgehead atoms. The zero-order valence-corrected chi connectivity index (χ0v) is 12.2. The average Bonchev–Trinajstić information content (AvgIpc) is 2.29. The highest BCUT2D eigenvalue weighted by Crippen LogP contribution is 2.30. The van der Waals surface area contributed by atoms with E-state index in [1.807, 2.05) is 0 Å². The maximum Gasteiger partial charge on any atom is 0.0558 e. The summed E-state index contributed by atoms with van der Waals surface area (Å²) in [7, 11) is 2.09. The van der Waals surface area contributed by atoms with Crippen molar-refractivity contribution in [1.82, 2.24) is 10.2 Å². The van der Waals surface area contributed by atoms with Gasteiger partial charge in [0.15, 0.2) is 0 Å². The lowest BCUT2D eigenvalue weighted by Crippen LogP contribution is -2.47. The molecule has 1 heterocycles. The quantitative estimate of drug-likeness (QED) is 0.680. The van der Waals surface area contributed by atoms with Crippen LogP contribution in [0.3, 0.4) is 0 Å². The van der Waals surface area contributed by atoms with E-state index in [0.717, 1.165) is 52.2 Å². The minimum Gasteiger partial charge on any atom is -0.395 e. The number of ether oxygens (including phenoxy) is 1. The van der Waals surface area contributed by atoms with Gasteiger partial charge in [-0.3, -0.25) is 0 Å².